The lowest BCUT2D eigenvalue weighted by Crippen LogP contribution is -2.50. The zero-order valence-electron chi connectivity index (χ0n) is 10.8. The molecular formula is C14H20ClN3. The molecular weight excluding hydrogens is 246 g/mol. The number of hydrogen-bond donors (Lipinski definition) is 1. The summed E-state index contributed by atoms with van der Waals surface area (Å²) < 4.78 is 0. The maximum Gasteiger partial charge on any atom is 0.0656 e. The highest BCUT2D eigenvalue weighted by Gasteiger charge is 2.31. The summed E-state index contributed by atoms with van der Waals surface area (Å²) in [5.41, 5.74) is 9.00. The van der Waals surface area contributed by atoms with Crippen molar-refractivity contribution in [2.24, 2.45) is 0 Å². The second-order valence-electron chi connectivity index (χ2n) is 5.44. The normalized spacial score (nSPS) is 24.3. The minimum atomic E-state index is 0.671. The highest BCUT2D eigenvalue weighted by Crippen LogP contribution is 2.32. The van der Waals surface area contributed by atoms with Crippen molar-refractivity contribution in [3.8, 4) is 0 Å². The first-order chi connectivity index (χ1) is 8.65. The van der Waals surface area contributed by atoms with E-state index in [0.717, 1.165) is 19.1 Å². The van der Waals surface area contributed by atoms with Gasteiger partial charge < -0.3 is 10.6 Å². The van der Waals surface area contributed by atoms with Gasteiger partial charge in [-0.25, -0.2) is 0 Å². The van der Waals surface area contributed by atoms with Crippen LogP contribution in [0.4, 0.5) is 11.4 Å². The number of nitrogen functional groups attached to an aromatic ring is 1. The molecule has 1 unspecified atom stereocenters. The molecule has 1 aromatic rings. The van der Waals surface area contributed by atoms with Crippen LogP contribution >= 0.6 is 11.6 Å². The molecule has 0 bridgehead atoms. The Labute approximate surface area is 114 Å². The van der Waals surface area contributed by atoms with Crippen LogP contribution in [0.3, 0.4) is 0 Å². The number of aryl methyl sites for hydroxylation is 1. The maximum atomic E-state index is 6.15. The summed E-state index contributed by atoms with van der Waals surface area (Å²) in [7, 11) is 0. The van der Waals surface area contributed by atoms with Gasteiger partial charge in [-0.15, -0.1) is 0 Å². The van der Waals surface area contributed by atoms with E-state index in [9.17, 15) is 0 Å². The molecule has 98 valence electrons. The summed E-state index contributed by atoms with van der Waals surface area (Å²) in [6.45, 7) is 6.79. The molecule has 2 aliphatic heterocycles. The SMILES string of the molecule is Cc1cc(N)c(Cl)cc1N1CCN2CCCC2C1. The predicted molar refractivity (Wildman–Crippen MR) is 77.4 cm³/mol. The Hall–Kier alpha value is -0.930. The number of rotatable bonds is 1. The number of piperazine rings is 1. The van der Waals surface area contributed by atoms with Crippen molar-refractivity contribution < 1.29 is 0 Å². The van der Waals surface area contributed by atoms with E-state index in [1.165, 1.54) is 37.2 Å². The van der Waals surface area contributed by atoms with Gasteiger partial charge in [0.15, 0.2) is 0 Å². The number of nitrogens with zero attached hydrogens (tertiary/aromatic N) is 2. The van der Waals surface area contributed by atoms with E-state index in [0.29, 0.717) is 10.7 Å². The molecule has 0 saturated carbocycles. The van der Waals surface area contributed by atoms with Gasteiger partial charge in [0.2, 0.25) is 0 Å². The summed E-state index contributed by atoms with van der Waals surface area (Å²) in [5.74, 6) is 0. The average molecular weight is 266 g/mol. The first-order valence-corrected chi connectivity index (χ1v) is 7.07. The standard InChI is InChI=1S/C14H20ClN3/c1-10-7-13(16)12(15)8-14(10)18-6-5-17-4-2-3-11(17)9-18/h7-8,11H,2-6,9,16H2,1H3. The van der Waals surface area contributed by atoms with Crippen LogP contribution in [-0.2, 0) is 0 Å². The van der Waals surface area contributed by atoms with Crippen molar-refractivity contribution in [3.63, 3.8) is 0 Å². The minimum Gasteiger partial charge on any atom is -0.398 e. The Morgan fingerprint density at radius 3 is 2.94 bits per heavy atom. The molecule has 2 N–H and O–H groups in total. The molecule has 4 heteroatoms. The van der Waals surface area contributed by atoms with Crippen molar-refractivity contribution in [3.05, 3.63) is 22.7 Å². The number of nitrogens with two attached hydrogens (primary N) is 1. The van der Waals surface area contributed by atoms with E-state index < -0.39 is 0 Å². The third-order valence-corrected chi connectivity index (χ3v) is 4.57. The maximum absolute atomic E-state index is 6.15. The van der Waals surface area contributed by atoms with E-state index in [1.807, 2.05) is 12.1 Å². The molecule has 0 aliphatic carbocycles. The lowest BCUT2D eigenvalue weighted by atomic mass is 10.1. The van der Waals surface area contributed by atoms with Gasteiger partial charge >= 0.3 is 0 Å². The van der Waals surface area contributed by atoms with Gasteiger partial charge in [0.1, 0.15) is 0 Å². The van der Waals surface area contributed by atoms with Crippen molar-refractivity contribution in [2.45, 2.75) is 25.8 Å². The van der Waals surface area contributed by atoms with E-state index in [4.69, 9.17) is 17.3 Å². The molecule has 0 radical (unpaired) electrons. The summed E-state index contributed by atoms with van der Waals surface area (Å²) in [6, 6.07) is 4.74. The van der Waals surface area contributed by atoms with Crippen molar-refractivity contribution in [1.29, 1.82) is 0 Å². The van der Waals surface area contributed by atoms with Crippen LogP contribution in [0.5, 0.6) is 0 Å². The zero-order valence-corrected chi connectivity index (χ0v) is 11.6. The monoisotopic (exact) mass is 265 g/mol. The Kier molecular flexibility index (Phi) is 3.12. The number of halogens is 1. The first-order valence-electron chi connectivity index (χ1n) is 6.70. The average Bonchev–Trinajstić information content (AvgIpc) is 2.80. The number of hydrogen-bond acceptors (Lipinski definition) is 3. The number of anilines is 2. The van der Waals surface area contributed by atoms with Crippen molar-refractivity contribution in [2.75, 3.05) is 36.8 Å². The van der Waals surface area contributed by atoms with Crippen LogP contribution in [0.25, 0.3) is 0 Å². The number of benzene rings is 1. The van der Waals surface area contributed by atoms with Crippen LogP contribution in [0.1, 0.15) is 18.4 Å². The molecule has 18 heavy (non-hydrogen) atoms. The second kappa shape index (κ2) is 4.63. The van der Waals surface area contributed by atoms with E-state index in [2.05, 4.69) is 16.7 Å². The van der Waals surface area contributed by atoms with E-state index in [1.54, 1.807) is 0 Å². The van der Waals surface area contributed by atoms with Gasteiger partial charge in [-0.3, -0.25) is 4.90 Å². The smallest absolute Gasteiger partial charge is 0.0656 e. The lowest BCUT2D eigenvalue weighted by molar-refractivity contribution is 0.231. The van der Waals surface area contributed by atoms with Gasteiger partial charge in [-0.05, 0) is 44.0 Å². The van der Waals surface area contributed by atoms with Gasteiger partial charge in [0.05, 0.1) is 10.7 Å². The van der Waals surface area contributed by atoms with E-state index in [-0.39, 0.29) is 0 Å². The van der Waals surface area contributed by atoms with Crippen LogP contribution in [0.2, 0.25) is 5.02 Å². The van der Waals surface area contributed by atoms with Gasteiger partial charge in [-0.1, -0.05) is 11.6 Å². The molecule has 2 fully saturated rings. The molecule has 0 aromatic heterocycles. The summed E-state index contributed by atoms with van der Waals surface area (Å²) in [4.78, 5) is 5.08. The molecule has 3 rings (SSSR count). The summed E-state index contributed by atoms with van der Waals surface area (Å²) in [6.07, 6.45) is 2.68. The van der Waals surface area contributed by atoms with Crippen LogP contribution in [0.15, 0.2) is 12.1 Å². The topological polar surface area (TPSA) is 32.5 Å². The summed E-state index contributed by atoms with van der Waals surface area (Å²) >= 11 is 6.15. The van der Waals surface area contributed by atoms with Gasteiger partial charge in [-0.2, -0.15) is 0 Å². The fourth-order valence-corrected chi connectivity index (χ4v) is 3.40. The largest absolute Gasteiger partial charge is 0.398 e. The van der Waals surface area contributed by atoms with Crippen LogP contribution in [-0.4, -0.2) is 37.1 Å². The quantitative estimate of drug-likeness (QED) is 0.792. The Bertz CT molecular complexity index is 461. The summed E-state index contributed by atoms with van der Waals surface area (Å²) in [5, 5.41) is 0.671. The van der Waals surface area contributed by atoms with Crippen molar-refractivity contribution in [1.82, 2.24) is 4.90 Å². The Morgan fingerprint density at radius 1 is 1.28 bits per heavy atom. The second-order valence-corrected chi connectivity index (χ2v) is 5.85. The first kappa shape index (κ1) is 12.1. The molecule has 2 aliphatic rings. The molecule has 0 spiro atoms. The fraction of sp³-hybridized carbons (Fsp3) is 0.571. The molecule has 1 aromatic carbocycles. The van der Waals surface area contributed by atoms with Crippen LogP contribution < -0.4 is 10.6 Å². The van der Waals surface area contributed by atoms with Crippen molar-refractivity contribution >= 4 is 23.0 Å². The third kappa shape index (κ3) is 2.06. The minimum absolute atomic E-state index is 0.671. The zero-order chi connectivity index (χ0) is 12.7. The van der Waals surface area contributed by atoms with E-state index >= 15 is 0 Å². The molecule has 0 amide bonds. The Balaban J connectivity index is 1.84. The Morgan fingerprint density at radius 2 is 2.11 bits per heavy atom. The van der Waals surface area contributed by atoms with Crippen LogP contribution in [0, 0.1) is 6.92 Å². The molecule has 2 saturated heterocycles. The van der Waals surface area contributed by atoms with Gasteiger partial charge in [0.25, 0.3) is 0 Å². The molecule has 1 atom stereocenters. The third-order valence-electron chi connectivity index (χ3n) is 4.24. The predicted octanol–water partition coefficient (Wildman–Crippen LogP) is 2.52. The highest BCUT2D eigenvalue weighted by molar-refractivity contribution is 6.33. The molecule has 3 nitrogen and oxygen atoms in total. The molecule has 2 heterocycles. The van der Waals surface area contributed by atoms with Gasteiger partial charge in [0, 0.05) is 31.4 Å². The highest BCUT2D eigenvalue weighted by atomic mass is 35.5. The lowest BCUT2D eigenvalue weighted by Gasteiger charge is -2.39. The fourth-order valence-electron chi connectivity index (χ4n) is 3.24. The number of fused-ring (bicyclic) bond motifs is 1.